The topological polar surface area (TPSA) is 86.3 Å². The molecule has 0 spiro atoms. The number of nitrogens with zero attached hydrogens (tertiary/aromatic N) is 5. The molecule has 0 amide bonds. The summed E-state index contributed by atoms with van der Waals surface area (Å²) < 4.78 is 0. The predicted molar refractivity (Wildman–Crippen MR) is 89.5 cm³/mol. The number of anilines is 1. The Kier molecular flexibility index (Phi) is 4.68. The Hall–Kier alpha value is -2.98. The van der Waals surface area contributed by atoms with E-state index in [9.17, 15) is 10.1 Å². The molecular weight excluding hydrogens is 306 g/mol. The summed E-state index contributed by atoms with van der Waals surface area (Å²) in [6, 6.07) is 12.4. The summed E-state index contributed by atoms with van der Waals surface area (Å²) in [7, 11) is 0. The number of aromatic nitrogens is 1. The number of non-ortho nitro benzene ring substituents is 1. The van der Waals surface area contributed by atoms with Gasteiger partial charge in [-0.25, -0.2) is 4.98 Å². The number of nitro groups is 1. The largest absolute Gasteiger partial charge is 0.354 e. The smallest absolute Gasteiger partial charge is 0.269 e. The summed E-state index contributed by atoms with van der Waals surface area (Å²) in [4.78, 5) is 19.1. The summed E-state index contributed by atoms with van der Waals surface area (Å²) in [6.45, 7) is 4.23. The van der Waals surface area contributed by atoms with Crippen molar-refractivity contribution in [3.63, 3.8) is 0 Å². The molecule has 2 aromatic rings. The first-order chi connectivity index (χ1) is 11.7. The highest BCUT2D eigenvalue weighted by atomic mass is 16.6. The second-order valence-electron chi connectivity index (χ2n) is 5.70. The van der Waals surface area contributed by atoms with E-state index >= 15 is 0 Å². The van der Waals surface area contributed by atoms with Crippen LogP contribution in [0.15, 0.2) is 42.6 Å². The fraction of sp³-hybridized carbons (Fsp3) is 0.294. The second-order valence-corrected chi connectivity index (χ2v) is 5.70. The molecule has 0 N–H and O–H groups in total. The van der Waals surface area contributed by atoms with Crippen LogP contribution < -0.4 is 4.90 Å². The molecule has 1 aliphatic rings. The van der Waals surface area contributed by atoms with Gasteiger partial charge in [-0.1, -0.05) is 12.1 Å². The first kappa shape index (κ1) is 15.9. The van der Waals surface area contributed by atoms with Gasteiger partial charge < -0.3 is 4.90 Å². The van der Waals surface area contributed by atoms with Crippen LogP contribution in [0.1, 0.15) is 11.1 Å². The van der Waals surface area contributed by atoms with E-state index in [1.165, 1.54) is 0 Å². The van der Waals surface area contributed by atoms with E-state index in [0.29, 0.717) is 5.56 Å². The zero-order chi connectivity index (χ0) is 16.9. The third kappa shape index (κ3) is 3.67. The van der Waals surface area contributed by atoms with Crippen molar-refractivity contribution >= 4 is 11.5 Å². The van der Waals surface area contributed by atoms with Crippen molar-refractivity contribution < 1.29 is 4.92 Å². The van der Waals surface area contributed by atoms with Crippen molar-refractivity contribution in [2.24, 2.45) is 0 Å². The number of piperazine rings is 1. The van der Waals surface area contributed by atoms with Gasteiger partial charge in [-0.15, -0.1) is 0 Å². The Morgan fingerprint density at radius 1 is 1.17 bits per heavy atom. The average molecular weight is 323 g/mol. The lowest BCUT2D eigenvalue weighted by molar-refractivity contribution is -0.384. The van der Waals surface area contributed by atoms with Gasteiger partial charge in [0.15, 0.2) is 0 Å². The zero-order valence-electron chi connectivity index (χ0n) is 13.1. The van der Waals surface area contributed by atoms with Crippen LogP contribution in [0.3, 0.4) is 0 Å². The summed E-state index contributed by atoms with van der Waals surface area (Å²) in [5.74, 6) is 0.837. The zero-order valence-corrected chi connectivity index (χ0v) is 13.1. The summed E-state index contributed by atoms with van der Waals surface area (Å²) in [6.07, 6.45) is 1.66. The van der Waals surface area contributed by atoms with E-state index in [1.54, 1.807) is 24.4 Å². The molecule has 7 heteroatoms. The van der Waals surface area contributed by atoms with Gasteiger partial charge in [0, 0.05) is 51.1 Å². The molecule has 0 bridgehead atoms. The van der Waals surface area contributed by atoms with Crippen LogP contribution in [-0.4, -0.2) is 41.0 Å². The summed E-state index contributed by atoms with van der Waals surface area (Å²) in [5, 5.41) is 19.7. The second kappa shape index (κ2) is 7.06. The normalized spacial score (nSPS) is 15.0. The molecule has 0 saturated carbocycles. The van der Waals surface area contributed by atoms with Crippen molar-refractivity contribution in [2.75, 3.05) is 31.1 Å². The molecule has 3 rings (SSSR count). The van der Waals surface area contributed by atoms with Gasteiger partial charge in [0.2, 0.25) is 0 Å². The van der Waals surface area contributed by atoms with Gasteiger partial charge in [0.05, 0.1) is 16.6 Å². The van der Waals surface area contributed by atoms with Crippen LogP contribution in [0.5, 0.6) is 0 Å². The third-order valence-corrected chi connectivity index (χ3v) is 4.12. The minimum atomic E-state index is -0.384. The Balaban J connectivity index is 1.57. The van der Waals surface area contributed by atoms with Gasteiger partial charge in [-0.05, 0) is 17.7 Å². The molecule has 0 unspecified atom stereocenters. The number of pyridine rings is 1. The Morgan fingerprint density at radius 2 is 1.88 bits per heavy atom. The lowest BCUT2D eigenvalue weighted by Crippen LogP contribution is -2.46. The molecule has 24 heavy (non-hydrogen) atoms. The molecule has 1 aliphatic heterocycles. The van der Waals surface area contributed by atoms with Crippen LogP contribution in [0.25, 0.3) is 0 Å². The molecule has 0 atom stereocenters. The molecule has 1 aromatic carbocycles. The van der Waals surface area contributed by atoms with Crippen LogP contribution in [0.2, 0.25) is 0 Å². The third-order valence-electron chi connectivity index (χ3n) is 4.12. The fourth-order valence-electron chi connectivity index (χ4n) is 2.78. The fourth-order valence-corrected chi connectivity index (χ4v) is 2.78. The summed E-state index contributed by atoms with van der Waals surface area (Å²) >= 11 is 0. The van der Waals surface area contributed by atoms with E-state index in [2.05, 4.69) is 20.9 Å². The molecule has 1 saturated heterocycles. The van der Waals surface area contributed by atoms with E-state index in [4.69, 9.17) is 5.26 Å². The van der Waals surface area contributed by atoms with Crippen molar-refractivity contribution in [2.45, 2.75) is 6.54 Å². The number of hydrogen-bond acceptors (Lipinski definition) is 6. The molecule has 2 heterocycles. The van der Waals surface area contributed by atoms with Gasteiger partial charge in [-0.3, -0.25) is 15.0 Å². The molecule has 0 radical (unpaired) electrons. The Morgan fingerprint density at radius 3 is 2.50 bits per heavy atom. The Labute approximate surface area is 139 Å². The van der Waals surface area contributed by atoms with Crippen molar-refractivity contribution in [1.82, 2.24) is 9.88 Å². The number of benzene rings is 1. The SMILES string of the molecule is N#Cc1ccnc(N2CCN(Cc3ccc([N+](=O)[O-])cc3)CC2)c1. The van der Waals surface area contributed by atoms with Gasteiger partial charge in [-0.2, -0.15) is 5.26 Å². The van der Waals surface area contributed by atoms with Gasteiger partial charge in [0.25, 0.3) is 5.69 Å². The maximum Gasteiger partial charge on any atom is 0.269 e. The van der Waals surface area contributed by atoms with Crippen molar-refractivity contribution in [3.8, 4) is 6.07 Å². The number of rotatable bonds is 4. The molecule has 7 nitrogen and oxygen atoms in total. The minimum Gasteiger partial charge on any atom is -0.354 e. The predicted octanol–water partition coefficient (Wildman–Crippen LogP) is 2.18. The first-order valence-corrected chi connectivity index (χ1v) is 7.72. The van der Waals surface area contributed by atoms with Crippen molar-refractivity contribution in [1.29, 1.82) is 5.26 Å². The van der Waals surface area contributed by atoms with Crippen LogP contribution in [0.4, 0.5) is 11.5 Å². The molecular formula is C17H17N5O2. The van der Waals surface area contributed by atoms with Crippen molar-refractivity contribution in [3.05, 3.63) is 63.8 Å². The molecule has 0 aliphatic carbocycles. The standard InChI is InChI=1S/C17H17N5O2/c18-12-15-5-6-19-17(11-15)21-9-7-20(8-10-21)13-14-1-3-16(4-2-14)22(23)24/h1-6,11H,7-10,13H2. The van der Waals surface area contributed by atoms with Crippen LogP contribution in [-0.2, 0) is 6.54 Å². The van der Waals surface area contributed by atoms with Gasteiger partial charge >= 0.3 is 0 Å². The van der Waals surface area contributed by atoms with Gasteiger partial charge in [0.1, 0.15) is 5.82 Å². The van der Waals surface area contributed by atoms with E-state index in [-0.39, 0.29) is 10.6 Å². The number of hydrogen-bond donors (Lipinski definition) is 0. The lowest BCUT2D eigenvalue weighted by atomic mass is 10.2. The van der Waals surface area contributed by atoms with E-state index in [0.717, 1.165) is 44.1 Å². The first-order valence-electron chi connectivity index (χ1n) is 7.72. The minimum absolute atomic E-state index is 0.118. The van der Waals surface area contributed by atoms with Crippen LogP contribution in [0, 0.1) is 21.4 Å². The summed E-state index contributed by atoms with van der Waals surface area (Å²) in [5.41, 5.74) is 1.80. The maximum atomic E-state index is 10.7. The quantitative estimate of drug-likeness (QED) is 0.633. The molecule has 1 aromatic heterocycles. The lowest BCUT2D eigenvalue weighted by Gasteiger charge is -2.35. The number of nitro benzene ring substituents is 1. The van der Waals surface area contributed by atoms with E-state index in [1.807, 2.05) is 18.2 Å². The number of nitriles is 1. The average Bonchev–Trinajstić information content (AvgIpc) is 2.63. The monoisotopic (exact) mass is 323 g/mol. The molecule has 1 fully saturated rings. The Bertz CT molecular complexity index is 761. The highest BCUT2D eigenvalue weighted by Crippen LogP contribution is 2.17. The maximum absolute atomic E-state index is 10.7. The molecule has 122 valence electrons. The van der Waals surface area contributed by atoms with E-state index < -0.39 is 0 Å². The highest BCUT2D eigenvalue weighted by molar-refractivity contribution is 5.45. The van der Waals surface area contributed by atoms with Crippen LogP contribution >= 0.6 is 0 Å². The highest BCUT2D eigenvalue weighted by Gasteiger charge is 2.18.